The van der Waals surface area contributed by atoms with Gasteiger partial charge in [-0.1, -0.05) is 139 Å². The molecule has 1 radical (unpaired) electrons. The summed E-state index contributed by atoms with van der Waals surface area (Å²) in [5.41, 5.74) is 3.24. The molecule has 0 aliphatic carbocycles. The van der Waals surface area contributed by atoms with Gasteiger partial charge in [-0.25, -0.2) is 0 Å². The summed E-state index contributed by atoms with van der Waals surface area (Å²) in [7, 11) is 0. The van der Waals surface area contributed by atoms with Gasteiger partial charge in [-0.2, -0.15) is 0 Å². The van der Waals surface area contributed by atoms with Crippen molar-refractivity contribution in [2.45, 2.75) is 48.0 Å². The number of Topliss-reactive ketones (excluding diaryl/α,β-unsaturated/α-hetero) is 2. The van der Waals surface area contributed by atoms with Crippen LogP contribution in [-0.4, -0.2) is 21.5 Å². The van der Waals surface area contributed by atoms with Gasteiger partial charge in [-0.3, -0.25) is 9.59 Å². The van der Waals surface area contributed by atoms with E-state index in [1.807, 2.05) is 90.3 Å². The van der Waals surface area contributed by atoms with Gasteiger partial charge in [0.15, 0.2) is 0 Å². The Balaban J connectivity index is 0.000000146. The van der Waals surface area contributed by atoms with Crippen LogP contribution in [0, 0.1) is 23.0 Å². The maximum atomic E-state index is 11.5. The van der Waals surface area contributed by atoms with E-state index in [0.717, 1.165) is 22.5 Å². The Bertz CT molecular complexity index is 3000. The van der Waals surface area contributed by atoms with Crippen molar-refractivity contribution in [3.63, 3.8) is 0 Å². The van der Waals surface area contributed by atoms with Crippen molar-refractivity contribution < 1.29 is 29.7 Å². The molecule has 309 valence electrons. The second-order valence-corrected chi connectivity index (χ2v) is 17.5. The van der Waals surface area contributed by atoms with Crippen LogP contribution >= 0.6 is 0 Å². The smallest absolute Gasteiger partial charge is 0.145 e. The third-order valence-electron chi connectivity index (χ3n) is 11.3. The van der Waals surface area contributed by atoms with Crippen LogP contribution in [-0.2, 0) is 29.7 Å². The zero-order valence-corrected chi connectivity index (χ0v) is 38.3. The molecule has 2 heterocycles. The van der Waals surface area contributed by atoms with Crippen molar-refractivity contribution in [2.24, 2.45) is 10.8 Å². The third kappa shape index (κ3) is 9.11. The Labute approximate surface area is 377 Å². The largest absolute Gasteiger partial charge is 0.304 e. The summed E-state index contributed by atoms with van der Waals surface area (Å²) in [6, 6.07) is 61.5. The van der Waals surface area contributed by atoms with Gasteiger partial charge in [0.25, 0.3) is 0 Å². The minimum Gasteiger partial charge on any atom is -0.304 e. The molecular formula is C57H48IrN2O2-2. The van der Waals surface area contributed by atoms with E-state index in [4.69, 9.17) is 0 Å². The molecule has 0 N–H and O–H groups in total. The average molecular weight is 985 g/mol. The number of aromatic nitrogens is 2. The molecule has 0 aliphatic rings. The quantitative estimate of drug-likeness (QED) is 0.100. The molecule has 0 fully saturated rings. The van der Waals surface area contributed by atoms with E-state index in [1.54, 1.807) is 0 Å². The van der Waals surface area contributed by atoms with Gasteiger partial charge >= 0.3 is 0 Å². The van der Waals surface area contributed by atoms with Crippen LogP contribution in [0.4, 0.5) is 0 Å². The minimum absolute atomic E-state index is 0. The summed E-state index contributed by atoms with van der Waals surface area (Å²) in [6.07, 6.45) is 3.85. The van der Waals surface area contributed by atoms with Crippen molar-refractivity contribution in [3.05, 3.63) is 182 Å². The van der Waals surface area contributed by atoms with Gasteiger partial charge in [0.1, 0.15) is 11.6 Å². The van der Waals surface area contributed by atoms with E-state index in [2.05, 4.69) is 143 Å². The second-order valence-electron chi connectivity index (χ2n) is 17.5. The van der Waals surface area contributed by atoms with Crippen LogP contribution in [0.25, 0.3) is 87.1 Å². The summed E-state index contributed by atoms with van der Waals surface area (Å²) in [5, 5.41) is 15.1. The fourth-order valence-corrected chi connectivity index (χ4v) is 7.69. The Morgan fingerprint density at radius 1 is 0.403 bits per heavy atom. The predicted molar refractivity (Wildman–Crippen MR) is 256 cm³/mol. The number of rotatable bonds is 4. The molecule has 0 spiro atoms. The van der Waals surface area contributed by atoms with Crippen LogP contribution in [0.1, 0.15) is 48.0 Å². The molecular weight excluding hydrogens is 937 g/mol. The predicted octanol–water partition coefficient (Wildman–Crippen LogP) is 14.6. The van der Waals surface area contributed by atoms with Gasteiger partial charge in [-0.15, -0.1) is 71.8 Å². The number of nitrogens with zero attached hydrogens (tertiary/aromatic N) is 2. The van der Waals surface area contributed by atoms with Crippen LogP contribution in [0.2, 0.25) is 0 Å². The number of ketones is 2. The second kappa shape index (κ2) is 18.3. The molecule has 0 atom stereocenters. The number of carbonyl (C=O) groups excluding carboxylic acids is 2. The molecule has 4 nitrogen and oxygen atoms in total. The van der Waals surface area contributed by atoms with Crippen molar-refractivity contribution in [2.75, 3.05) is 0 Å². The maximum Gasteiger partial charge on any atom is 0.145 e. The zero-order valence-electron chi connectivity index (χ0n) is 35.9. The van der Waals surface area contributed by atoms with E-state index in [1.165, 1.54) is 64.6 Å². The number of fused-ring (bicyclic) bond motifs is 10. The van der Waals surface area contributed by atoms with E-state index in [9.17, 15) is 9.59 Å². The van der Waals surface area contributed by atoms with Crippen molar-refractivity contribution in [1.82, 2.24) is 9.97 Å². The van der Waals surface area contributed by atoms with E-state index >= 15 is 0 Å². The number of carbonyl (C=O) groups is 2. The number of hydrogen-bond acceptors (Lipinski definition) is 4. The topological polar surface area (TPSA) is 59.9 Å². The first-order valence-corrected chi connectivity index (χ1v) is 20.8. The first-order chi connectivity index (χ1) is 29.4. The third-order valence-corrected chi connectivity index (χ3v) is 11.3. The van der Waals surface area contributed by atoms with E-state index in [-0.39, 0.29) is 38.1 Å². The molecule has 10 aromatic rings. The number of pyridine rings is 2. The minimum atomic E-state index is -0.402. The Hall–Kier alpha value is -6.39. The molecule has 0 unspecified atom stereocenters. The normalized spacial score (nSPS) is 11.5. The van der Waals surface area contributed by atoms with Crippen molar-refractivity contribution in [3.8, 4) is 22.5 Å². The summed E-state index contributed by atoms with van der Waals surface area (Å²) in [5.74, 6) is 0.0415. The molecule has 0 bridgehead atoms. The SMILES string of the molecule is CC(C)(C)C(=O)CC(=O)C(C)(C)C.[Ir].[c-]1ccccc1-c1nccc2c1ccc1c3ccccc3ccc21.[c-]1ccccc1-c1nccc2c1ccc1c3ccccc3ccc21. The summed E-state index contributed by atoms with van der Waals surface area (Å²) in [6.45, 7) is 11.0. The first kappa shape index (κ1) is 43.7. The van der Waals surface area contributed by atoms with E-state index < -0.39 is 10.8 Å². The van der Waals surface area contributed by atoms with Crippen molar-refractivity contribution in [1.29, 1.82) is 0 Å². The fourth-order valence-electron chi connectivity index (χ4n) is 7.69. The van der Waals surface area contributed by atoms with Gasteiger partial charge in [0.05, 0.1) is 6.42 Å². The summed E-state index contributed by atoms with van der Waals surface area (Å²) in [4.78, 5) is 32.2. The van der Waals surface area contributed by atoms with E-state index in [0.29, 0.717) is 0 Å². The van der Waals surface area contributed by atoms with Gasteiger partial charge in [-0.05, 0) is 88.2 Å². The Kier molecular flexibility index (Phi) is 12.9. The number of hydrogen-bond donors (Lipinski definition) is 0. The van der Waals surface area contributed by atoms with Crippen LogP contribution in [0.3, 0.4) is 0 Å². The summed E-state index contributed by atoms with van der Waals surface area (Å²) < 4.78 is 0. The molecule has 62 heavy (non-hydrogen) atoms. The van der Waals surface area contributed by atoms with Gasteiger partial charge in [0.2, 0.25) is 0 Å². The van der Waals surface area contributed by atoms with Gasteiger partial charge < -0.3 is 9.97 Å². The van der Waals surface area contributed by atoms with Crippen LogP contribution < -0.4 is 0 Å². The Morgan fingerprint density at radius 2 is 0.742 bits per heavy atom. The van der Waals surface area contributed by atoms with Crippen molar-refractivity contribution >= 4 is 76.2 Å². The first-order valence-electron chi connectivity index (χ1n) is 20.8. The van der Waals surface area contributed by atoms with Crippen LogP contribution in [0.5, 0.6) is 0 Å². The molecule has 8 aromatic carbocycles. The Morgan fingerprint density at radius 3 is 1.13 bits per heavy atom. The number of benzene rings is 8. The molecule has 2 aromatic heterocycles. The molecule has 0 saturated carbocycles. The molecule has 0 saturated heterocycles. The zero-order chi connectivity index (χ0) is 42.7. The molecule has 0 aliphatic heterocycles. The van der Waals surface area contributed by atoms with Crippen LogP contribution in [0.15, 0.2) is 170 Å². The maximum absolute atomic E-state index is 11.5. The molecule has 0 amide bonds. The standard InChI is InChI=1S/2C23H14N.C11H20O2.Ir/c2*1-2-7-17(8-3-1)23-22-13-12-19-18-9-5-4-6-16(18)10-11-20(19)21(22)14-15-24-23;1-10(2,3)8(12)7-9(13)11(4,5)6;/h2*1-7,9-15H;7H2,1-6H3;/q2*-1;;. The average Bonchev–Trinajstić information content (AvgIpc) is 3.28. The van der Waals surface area contributed by atoms with Gasteiger partial charge in [0, 0.05) is 43.3 Å². The fraction of sp³-hybridized carbons (Fsp3) is 0.158. The summed E-state index contributed by atoms with van der Waals surface area (Å²) >= 11 is 0. The monoisotopic (exact) mass is 985 g/mol. The molecule has 10 rings (SSSR count). The molecule has 5 heteroatoms.